The minimum Gasteiger partial charge on any atom is -0.356 e. The Labute approximate surface area is 174 Å². The lowest BCUT2D eigenvalue weighted by atomic mass is 10.4. The summed E-state index contributed by atoms with van der Waals surface area (Å²) in [7, 11) is 1.77. The fraction of sp³-hybridized carbons (Fsp3) is 0.278. The Morgan fingerprint density at radius 2 is 1.88 bits per heavy atom. The molecule has 0 saturated carbocycles. The van der Waals surface area contributed by atoms with Crippen molar-refractivity contribution in [1.29, 1.82) is 0 Å². The van der Waals surface area contributed by atoms with Crippen LogP contribution in [-0.4, -0.2) is 39.9 Å². The zero-order chi connectivity index (χ0) is 17.3. The van der Waals surface area contributed by atoms with E-state index >= 15 is 0 Å². The van der Waals surface area contributed by atoms with Crippen molar-refractivity contribution in [3.05, 3.63) is 60.6 Å². The number of aliphatic imine (C=N–C) groups is 1. The highest BCUT2D eigenvalue weighted by Crippen LogP contribution is 2.17. The third-order valence-corrected chi connectivity index (χ3v) is 4.75. The summed E-state index contributed by atoms with van der Waals surface area (Å²) < 4.78 is 1.97. The first kappa shape index (κ1) is 20.5. The molecule has 2 heterocycles. The molecular weight excluding hydrogens is 459 g/mol. The highest BCUT2D eigenvalue weighted by molar-refractivity contribution is 14.0. The molecule has 0 atom stereocenters. The maximum absolute atomic E-state index is 4.25. The summed E-state index contributed by atoms with van der Waals surface area (Å²) in [5.41, 5.74) is 0.847. The quantitative estimate of drug-likeness (QED) is 0.178. The second kappa shape index (κ2) is 11.0. The molecule has 8 heteroatoms. The van der Waals surface area contributed by atoms with Crippen molar-refractivity contribution in [3.8, 4) is 0 Å². The highest BCUT2D eigenvalue weighted by Gasteiger charge is 2.05. The summed E-state index contributed by atoms with van der Waals surface area (Å²) in [6, 6.07) is 16.3. The molecule has 3 aromatic rings. The van der Waals surface area contributed by atoms with Gasteiger partial charge < -0.3 is 10.6 Å². The lowest BCUT2D eigenvalue weighted by molar-refractivity contribution is 0.753. The molecule has 0 bridgehead atoms. The molecule has 0 spiro atoms. The molecule has 0 aliphatic heterocycles. The first-order valence-corrected chi connectivity index (χ1v) is 9.26. The van der Waals surface area contributed by atoms with Gasteiger partial charge in [0.2, 0.25) is 0 Å². The first-order valence-electron chi connectivity index (χ1n) is 8.28. The summed E-state index contributed by atoms with van der Waals surface area (Å²) in [5, 5.41) is 15.0. The van der Waals surface area contributed by atoms with E-state index in [0.717, 1.165) is 36.1 Å². The third kappa shape index (κ3) is 5.87. The van der Waals surface area contributed by atoms with Gasteiger partial charge in [-0.3, -0.25) is 9.39 Å². The Kier molecular flexibility index (Phi) is 8.69. The maximum Gasteiger partial charge on any atom is 0.191 e. The topological polar surface area (TPSA) is 66.6 Å². The van der Waals surface area contributed by atoms with E-state index in [9.17, 15) is 0 Å². The molecule has 0 aliphatic rings. The number of nitrogens with one attached hydrogen (secondary N) is 2. The molecule has 2 N–H and O–H groups in total. The van der Waals surface area contributed by atoms with Gasteiger partial charge in [-0.2, -0.15) is 0 Å². The molecule has 6 nitrogen and oxygen atoms in total. The van der Waals surface area contributed by atoms with Crippen molar-refractivity contribution in [1.82, 2.24) is 25.2 Å². The molecule has 2 aromatic heterocycles. The van der Waals surface area contributed by atoms with Crippen LogP contribution in [0.3, 0.4) is 0 Å². The number of pyridine rings is 1. The van der Waals surface area contributed by atoms with Crippen LogP contribution < -0.4 is 10.6 Å². The van der Waals surface area contributed by atoms with E-state index in [0.29, 0.717) is 6.54 Å². The van der Waals surface area contributed by atoms with E-state index in [2.05, 4.69) is 50.1 Å². The van der Waals surface area contributed by atoms with Gasteiger partial charge in [-0.25, -0.2) is 0 Å². The van der Waals surface area contributed by atoms with Crippen LogP contribution in [0.15, 0.2) is 64.6 Å². The Hall–Kier alpha value is -1.81. The molecule has 0 unspecified atom stereocenters. The smallest absolute Gasteiger partial charge is 0.191 e. The van der Waals surface area contributed by atoms with E-state index in [4.69, 9.17) is 0 Å². The number of fused-ring (bicyclic) bond motifs is 1. The minimum atomic E-state index is 0. The number of thioether (sulfide) groups is 1. The number of rotatable bonds is 7. The van der Waals surface area contributed by atoms with Crippen LogP contribution in [0.25, 0.3) is 5.65 Å². The molecule has 0 saturated heterocycles. The van der Waals surface area contributed by atoms with Crippen LogP contribution in [0, 0.1) is 0 Å². The van der Waals surface area contributed by atoms with Gasteiger partial charge in [0.25, 0.3) is 0 Å². The Balaban J connectivity index is 0.00000243. The summed E-state index contributed by atoms with van der Waals surface area (Å²) in [6.45, 7) is 1.45. The van der Waals surface area contributed by atoms with Gasteiger partial charge in [-0.15, -0.1) is 45.9 Å². The number of hydrogen-bond donors (Lipinski definition) is 2. The molecule has 3 rings (SSSR count). The summed E-state index contributed by atoms with van der Waals surface area (Å²) >= 11 is 1.87. The zero-order valence-electron chi connectivity index (χ0n) is 14.6. The molecule has 138 valence electrons. The van der Waals surface area contributed by atoms with Gasteiger partial charge in [0.15, 0.2) is 17.4 Å². The first-order chi connectivity index (χ1) is 12.4. The Bertz CT molecular complexity index is 821. The fourth-order valence-corrected chi connectivity index (χ4v) is 3.25. The molecule has 0 aliphatic carbocycles. The Morgan fingerprint density at radius 3 is 2.69 bits per heavy atom. The van der Waals surface area contributed by atoms with Crippen molar-refractivity contribution >= 4 is 47.3 Å². The van der Waals surface area contributed by atoms with E-state index in [1.165, 1.54) is 4.90 Å². The SMILES string of the molecule is CN=C(NCCCSc1ccccc1)NCc1nnc2ccccn12.I. The summed E-state index contributed by atoms with van der Waals surface area (Å²) in [5.74, 6) is 2.71. The average molecular weight is 482 g/mol. The predicted molar refractivity (Wildman–Crippen MR) is 118 cm³/mol. The number of nitrogens with zero attached hydrogens (tertiary/aromatic N) is 4. The zero-order valence-corrected chi connectivity index (χ0v) is 17.8. The van der Waals surface area contributed by atoms with Gasteiger partial charge in [-0.05, 0) is 36.4 Å². The fourth-order valence-electron chi connectivity index (χ4n) is 2.38. The van der Waals surface area contributed by atoms with E-state index in [1.54, 1.807) is 7.05 Å². The normalized spacial score (nSPS) is 11.2. The van der Waals surface area contributed by atoms with Crippen LogP contribution in [0.5, 0.6) is 0 Å². The van der Waals surface area contributed by atoms with E-state index in [-0.39, 0.29) is 24.0 Å². The molecule has 0 fully saturated rings. The van der Waals surface area contributed by atoms with Crippen molar-refractivity contribution in [2.45, 2.75) is 17.9 Å². The molecular formula is C18H23IN6S. The van der Waals surface area contributed by atoms with Gasteiger partial charge in [0, 0.05) is 24.7 Å². The minimum absolute atomic E-state index is 0. The molecule has 0 amide bonds. The van der Waals surface area contributed by atoms with Crippen LogP contribution >= 0.6 is 35.7 Å². The van der Waals surface area contributed by atoms with Crippen LogP contribution in [0.4, 0.5) is 0 Å². The Morgan fingerprint density at radius 1 is 1.08 bits per heavy atom. The largest absolute Gasteiger partial charge is 0.356 e. The molecule has 26 heavy (non-hydrogen) atoms. The lowest BCUT2D eigenvalue weighted by Crippen LogP contribution is -2.37. The highest BCUT2D eigenvalue weighted by atomic mass is 127. The van der Waals surface area contributed by atoms with Crippen LogP contribution in [0.1, 0.15) is 12.2 Å². The van der Waals surface area contributed by atoms with Gasteiger partial charge in [-0.1, -0.05) is 24.3 Å². The van der Waals surface area contributed by atoms with Gasteiger partial charge in [0.1, 0.15) is 0 Å². The lowest BCUT2D eigenvalue weighted by Gasteiger charge is -2.11. The van der Waals surface area contributed by atoms with E-state index in [1.807, 2.05) is 46.6 Å². The number of aromatic nitrogens is 3. The molecule has 0 radical (unpaired) electrons. The van der Waals surface area contributed by atoms with Crippen molar-refractivity contribution in [3.63, 3.8) is 0 Å². The van der Waals surface area contributed by atoms with Gasteiger partial charge in [0.05, 0.1) is 6.54 Å². The second-order valence-corrected chi connectivity index (χ2v) is 6.58. The van der Waals surface area contributed by atoms with Crippen molar-refractivity contribution < 1.29 is 0 Å². The number of benzene rings is 1. The summed E-state index contributed by atoms with van der Waals surface area (Å²) in [6.07, 6.45) is 3.03. The number of guanidine groups is 1. The standard InChI is InChI=1S/C18H22N6S.HI/c1-19-18(20-11-7-13-25-15-8-3-2-4-9-15)21-14-17-23-22-16-10-5-6-12-24(16)17;/h2-6,8-10,12H,7,11,13-14H2,1H3,(H2,19,20,21);1H. The van der Waals surface area contributed by atoms with Crippen LogP contribution in [-0.2, 0) is 6.54 Å². The predicted octanol–water partition coefficient (Wildman–Crippen LogP) is 3.19. The summed E-state index contributed by atoms with van der Waals surface area (Å²) in [4.78, 5) is 5.56. The third-order valence-electron chi connectivity index (χ3n) is 3.65. The maximum atomic E-state index is 4.25. The van der Waals surface area contributed by atoms with Crippen molar-refractivity contribution in [2.24, 2.45) is 4.99 Å². The monoisotopic (exact) mass is 482 g/mol. The van der Waals surface area contributed by atoms with Crippen LogP contribution in [0.2, 0.25) is 0 Å². The number of hydrogen-bond acceptors (Lipinski definition) is 4. The van der Waals surface area contributed by atoms with Gasteiger partial charge >= 0.3 is 0 Å². The molecule has 1 aromatic carbocycles. The second-order valence-electron chi connectivity index (χ2n) is 5.41. The number of halogens is 1. The average Bonchev–Trinajstić information content (AvgIpc) is 3.08. The van der Waals surface area contributed by atoms with Crippen molar-refractivity contribution in [2.75, 3.05) is 19.3 Å². The van der Waals surface area contributed by atoms with E-state index < -0.39 is 0 Å².